The summed E-state index contributed by atoms with van der Waals surface area (Å²) in [6.07, 6.45) is 0. The van der Waals surface area contributed by atoms with Crippen molar-refractivity contribution in [1.82, 2.24) is 9.80 Å². The maximum atomic E-state index is 3.54. The van der Waals surface area contributed by atoms with E-state index >= 15 is 0 Å². The van der Waals surface area contributed by atoms with E-state index in [2.05, 4.69) is 64.6 Å². The minimum absolute atomic E-state index is 1.02. The molecule has 3 rings (SSSR count). The largest absolute Gasteiger partial charge is 0.384 e. The van der Waals surface area contributed by atoms with Crippen molar-refractivity contribution < 1.29 is 0 Å². The summed E-state index contributed by atoms with van der Waals surface area (Å²) in [7, 11) is 2.20. The van der Waals surface area contributed by atoms with E-state index in [-0.39, 0.29) is 0 Å². The number of piperazine rings is 1. The summed E-state index contributed by atoms with van der Waals surface area (Å²) in [5.41, 5.74) is 1.22. The van der Waals surface area contributed by atoms with Crippen molar-refractivity contribution in [2.24, 2.45) is 0 Å². The molecule has 1 saturated heterocycles. The molecule has 2 aromatic carbocycles. The Labute approximate surface area is 121 Å². The van der Waals surface area contributed by atoms with Crippen LogP contribution in [0.5, 0.6) is 0 Å². The molecule has 0 bridgehead atoms. The Hall–Kier alpha value is -1.58. The fourth-order valence-corrected chi connectivity index (χ4v) is 2.73. The van der Waals surface area contributed by atoms with E-state index in [1.54, 1.807) is 0 Å². The van der Waals surface area contributed by atoms with Gasteiger partial charge in [-0.25, -0.2) is 0 Å². The molecule has 3 nitrogen and oxygen atoms in total. The van der Waals surface area contributed by atoms with E-state index in [4.69, 9.17) is 0 Å². The summed E-state index contributed by atoms with van der Waals surface area (Å²) in [6.45, 7) is 6.90. The molecule has 3 heteroatoms. The van der Waals surface area contributed by atoms with Crippen LogP contribution in [0.15, 0.2) is 42.5 Å². The van der Waals surface area contributed by atoms with Crippen molar-refractivity contribution in [3.05, 3.63) is 42.5 Å². The van der Waals surface area contributed by atoms with Crippen LogP contribution in [-0.4, -0.2) is 56.1 Å². The molecule has 1 aliphatic rings. The SMILES string of the molecule is CN1CCN(CCNc2ccc3ccccc3c2)CC1. The van der Waals surface area contributed by atoms with Gasteiger partial charge in [-0.2, -0.15) is 0 Å². The smallest absolute Gasteiger partial charge is 0.0347 e. The molecule has 0 amide bonds. The van der Waals surface area contributed by atoms with E-state index in [1.807, 2.05) is 0 Å². The number of hydrogen-bond acceptors (Lipinski definition) is 3. The van der Waals surface area contributed by atoms with Gasteiger partial charge in [0.05, 0.1) is 0 Å². The zero-order chi connectivity index (χ0) is 13.8. The number of likely N-dealkylation sites (N-methyl/N-ethyl adjacent to an activating group) is 1. The molecule has 106 valence electrons. The lowest BCUT2D eigenvalue weighted by Gasteiger charge is -2.32. The molecule has 20 heavy (non-hydrogen) atoms. The number of nitrogens with zero attached hydrogens (tertiary/aromatic N) is 2. The molecule has 1 fully saturated rings. The lowest BCUT2D eigenvalue weighted by Crippen LogP contribution is -2.45. The van der Waals surface area contributed by atoms with Crippen LogP contribution in [0.4, 0.5) is 5.69 Å². The quantitative estimate of drug-likeness (QED) is 0.920. The Morgan fingerprint density at radius 3 is 2.50 bits per heavy atom. The molecule has 0 aromatic heterocycles. The number of nitrogens with one attached hydrogen (secondary N) is 1. The summed E-state index contributed by atoms with van der Waals surface area (Å²) < 4.78 is 0. The number of hydrogen-bond donors (Lipinski definition) is 1. The molecule has 0 spiro atoms. The van der Waals surface area contributed by atoms with Gasteiger partial charge < -0.3 is 10.2 Å². The first-order chi connectivity index (χ1) is 9.81. The number of benzene rings is 2. The van der Waals surface area contributed by atoms with Gasteiger partial charge in [0.1, 0.15) is 0 Å². The average Bonchev–Trinajstić information content (AvgIpc) is 2.49. The molecule has 0 aliphatic carbocycles. The first-order valence-corrected chi connectivity index (χ1v) is 7.45. The fraction of sp³-hybridized carbons (Fsp3) is 0.412. The molecule has 0 atom stereocenters. The highest BCUT2D eigenvalue weighted by Gasteiger charge is 2.12. The Balaban J connectivity index is 1.52. The topological polar surface area (TPSA) is 18.5 Å². The van der Waals surface area contributed by atoms with Crippen molar-refractivity contribution in [2.75, 3.05) is 51.6 Å². The van der Waals surface area contributed by atoms with E-state index in [0.717, 1.165) is 13.1 Å². The molecule has 0 unspecified atom stereocenters. The predicted molar refractivity (Wildman–Crippen MR) is 86.4 cm³/mol. The van der Waals surface area contributed by atoms with Gasteiger partial charge in [0.15, 0.2) is 0 Å². The fourth-order valence-electron chi connectivity index (χ4n) is 2.73. The van der Waals surface area contributed by atoms with Crippen LogP contribution < -0.4 is 5.32 Å². The lowest BCUT2D eigenvalue weighted by molar-refractivity contribution is 0.158. The zero-order valence-corrected chi connectivity index (χ0v) is 12.2. The van der Waals surface area contributed by atoms with Crippen molar-refractivity contribution in [3.63, 3.8) is 0 Å². The molecule has 2 aromatic rings. The maximum Gasteiger partial charge on any atom is 0.0347 e. The summed E-state index contributed by atoms with van der Waals surface area (Å²) in [6, 6.07) is 15.1. The van der Waals surface area contributed by atoms with Gasteiger partial charge in [0.25, 0.3) is 0 Å². The molecule has 0 saturated carbocycles. The van der Waals surface area contributed by atoms with Crippen molar-refractivity contribution in [2.45, 2.75) is 0 Å². The average molecular weight is 269 g/mol. The van der Waals surface area contributed by atoms with Crippen LogP contribution >= 0.6 is 0 Å². The van der Waals surface area contributed by atoms with Gasteiger partial charge in [-0.1, -0.05) is 30.3 Å². The Bertz CT molecular complexity index is 559. The first-order valence-electron chi connectivity index (χ1n) is 7.45. The summed E-state index contributed by atoms with van der Waals surface area (Å²) in [4.78, 5) is 4.93. The molecule has 1 aliphatic heterocycles. The second-order valence-corrected chi connectivity index (χ2v) is 5.63. The second-order valence-electron chi connectivity index (χ2n) is 5.63. The minimum Gasteiger partial charge on any atom is -0.384 e. The molecular weight excluding hydrogens is 246 g/mol. The third-order valence-electron chi connectivity index (χ3n) is 4.10. The van der Waals surface area contributed by atoms with Crippen LogP contribution in [0.1, 0.15) is 0 Å². The minimum atomic E-state index is 1.02. The maximum absolute atomic E-state index is 3.54. The highest BCUT2D eigenvalue weighted by atomic mass is 15.2. The van der Waals surface area contributed by atoms with Crippen LogP contribution in [0.3, 0.4) is 0 Å². The van der Waals surface area contributed by atoms with Crippen molar-refractivity contribution in [3.8, 4) is 0 Å². The van der Waals surface area contributed by atoms with Crippen LogP contribution in [0, 0.1) is 0 Å². The second kappa shape index (κ2) is 6.25. The standard InChI is InChI=1S/C17H23N3/c1-19-10-12-20(13-11-19)9-8-18-17-7-6-15-4-2-3-5-16(15)14-17/h2-7,14,18H,8-13H2,1H3. The van der Waals surface area contributed by atoms with Gasteiger partial charge in [-0.3, -0.25) is 4.90 Å². The summed E-state index contributed by atoms with van der Waals surface area (Å²) in [5.74, 6) is 0. The molecule has 0 radical (unpaired) electrons. The van der Waals surface area contributed by atoms with Crippen LogP contribution in [-0.2, 0) is 0 Å². The van der Waals surface area contributed by atoms with Crippen LogP contribution in [0.25, 0.3) is 10.8 Å². The Kier molecular flexibility index (Phi) is 4.19. The number of fused-ring (bicyclic) bond motifs is 1. The molecule has 1 N–H and O–H groups in total. The Morgan fingerprint density at radius 1 is 0.950 bits per heavy atom. The highest BCUT2D eigenvalue weighted by molar-refractivity contribution is 5.85. The van der Waals surface area contributed by atoms with Gasteiger partial charge >= 0.3 is 0 Å². The lowest BCUT2D eigenvalue weighted by atomic mass is 10.1. The number of anilines is 1. The van der Waals surface area contributed by atoms with Gasteiger partial charge in [0.2, 0.25) is 0 Å². The first kappa shape index (κ1) is 13.4. The molecular formula is C17H23N3. The molecule has 1 heterocycles. The third kappa shape index (κ3) is 3.30. The predicted octanol–water partition coefficient (Wildman–Crippen LogP) is 2.50. The van der Waals surface area contributed by atoms with Gasteiger partial charge in [-0.05, 0) is 30.0 Å². The van der Waals surface area contributed by atoms with E-state index < -0.39 is 0 Å². The van der Waals surface area contributed by atoms with Crippen molar-refractivity contribution >= 4 is 16.5 Å². The van der Waals surface area contributed by atoms with E-state index in [0.29, 0.717) is 0 Å². The van der Waals surface area contributed by atoms with E-state index in [9.17, 15) is 0 Å². The normalized spacial score (nSPS) is 17.4. The summed E-state index contributed by atoms with van der Waals surface area (Å²) in [5, 5.41) is 6.15. The number of rotatable bonds is 4. The summed E-state index contributed by atoms with van der Waals surface area (Å²) >= 11 is 0. The highest BCUT2D eigenvalue weighted by Crippen LogP contribution is 2.18. The van der Waals surface area contributed by atoms with Gasteiger partial charge in [-0.15, -0.1) is 0 Å². The third-order valence-corrected chi connectivity index (χ3v) is 4.10. The van der Waals surface area contributed by atoms with E-state index in [1.165, 1.54) is 42.6 Å². The van der Waals surface area contributed by atoms with Crippen LogP contribution in [0.2, 0.25) is 0 Å². The zero-order valence-electron chi connectivity index (χ0n) is 12.2. The monoisotopic (exact) mass is 269 g/mol. The van der Waals surface area contributed by atoms with Gasteiger partial charge in [0, 0.05) is 45.0 Å². The Morgan fingerprint density at radius 2 is 1.70 bits per heavy atom. The van der Waals surface area contributed by atoms with Crippen molar-refractivity contribution in [1.29, 1.82) is 0 Å².